The standard InChI is InChI=1S/C11H7BrO4/c12-8-4-7(9(13)5-10(14)15)3-6-1-2-16-11(6)8/h1-4H,5H2,(H,14,15). The normalized spacial score (nSPS) is 10.6. The van der Waals surface area contributed by atoms with Crippen molar-refractivity contribution in [2.75, 3.05) is 0 Å². The summed E-state index contributed by atoms with van der Waals surface area (Å²) in [4.78, 5) is 22.0. The Hall–Kier alpha value is -1.62. The number of furan rings is 1. The highest BCUT2D eigenvalue weighted by atomic mass is 79.9. The van der Waals surface area contributed by atoms with Crippen LogP contribution in [-0.4, -0.2) is 16.9 Å². The number of halogens is 1. The van der Waals surface area contributed by atoms with E-state index >= 15 is 0 Å². The molecule has 0 unspecified atom stereocenters. The number of fused-ring (bicyclic) bond motifs is 1. The van der Waals surface area contributed by atoms with Gasteiger partial charge in [-0.3, -0.25) is 9.59 Å². The first-order chi connectivity index (χ1) is 7.58. The molecule has 5 heteroatoms. The van der Waals surface area contributed by atoms with Gasteiger partial charge in [0.05, 0.1) is 10.7 Å². The SMILES string of the molecule is O=C(O)CC(=O)c1cc(Br)c2occc2c1. The fourth-order valence-electron chi connectivity index (χ4n) is 1.44. The molecule has 1 N–H and O–H groups in total. The highest BCUT2D eigenvalue weighted by molar-refractivity contribution is 9.10. The molecule has 2 rings (SSSR count). The Morgan fingerprint density at radius 2 is 2.12 bits per heavy atom. The lowest BCUT2D eigenvalue weighted by atomic mass is 10.1. The molecule has 1 aromatic heterocycles. The van der Waals surface area contributed by atoms with Crippen LogP contribution in [0.4, 0.5) is 0 Å². The Balaban J connectivity index is 2.45. The van der Waals surface area contributed by atoms with Gasteiger partial charge in [0.1, 0.15) is 12.0 Å². The average Bonchev–Trinajstić information content (AvgIpc) is 2.64. The first-order valence-electron chi connectivity index (χ1n) is 4.49. The van der Waals surface area contributed by atoms with E-state index in [4.69, 9.17) is 9.52 Å². The van der Waals surface area contributed by atoms with Gasteiger partial charge in [-0.05, 0) is 34.1 Å². The monoisotopic (exact) mass is 282 g/mol. The molecule has 0 bridgehead atoms. The minimum atomic E-state index is -1.13. The van der Waals surface area contributed by atoms with Gasteiger partial charge in [0, 0.05) is 10.9 Å². The molecular formula is C11H7BrO4. The van der Waals surface area contributed by atoms with E-state index in [-0.39, 0.29) is 0 Å². The van der Waals surface area contributed by atoms with Crippen molar-refractivity contribution in [3.8, 4) is 0 Å². The number of carbonyl (C=O) groups is 2. The minimum absolute atomic E-state index is 0.364. The predicted octanol–water partition coefficient (Wildman–Crippen LogP) is 2.85. The molecule has 0 saturated carbocycles. The van der Waals surface area contributed by atoms with Crippen molar-refractivity contribution in [1.29, 1.82) is 0 Å². The number of carbonyl (C=O) groups excluding carboxylic acids is 1. The summed E-state index contributed by atoms with van der Waals surface area (Å²) in [6, 6.07) is 4.91. The summed E-state index contributed by atoms with van der Waals surface area (Å²) >= 11 is 3.27. The summed E-state index contributed by atoms with van der Waals surface area (Å²) in [5.41, 5.74) is 1.01. The highest BCUT2D eigenvalue weighted by Crippen LogP contribution is 2.27. The van der Waals surface area contributed by atoms with E-state index < -0.39 is 18.2 Å². The molecule has 2 aromatic rings. The van der Waals surface area contributed by atoms with Crippen LogP contribution in [0.5, 0.6) is 0 Å². The van der Waals surface area contributed by atoms with Crippen LogP contribution in [0.25, 0.3) is 11.0 Å². The van der Waals surface area contributed by atoms with Crippen molar-refractivity contribution in [3.63, 3.8) is 0 Å². The van der Waals surface area contributed by atoms with Gasteiger partial charge in [-0.2, -0.15) is 0 Å². The van der Waals surface area contributed by atoms with Crippen LogP contribution in [-0.2, 0) is 4.79 Å². The number of benzene rings is 1. The van der Waals surface area contributed by atoms with Crippen molar-refractivity contribution in [1.82, 2.24) is 0 Å². The first-order valence-corrected chi connectivity index (χ1v) is 5.29. The average molecular weight is 283 g/mol. The number of Topliss-reactive ketones (excluding diaryl/α,β-unsaturated/α-hetero) is 1. The van der Waals surface area contributed by atoms with Crippen molar-refractivity contribution in [2.45, 2.75) is 6.42 Å². The smallest absolute Gasteiger partial charge is 0.311 e. The van der Waals surface area contributed by atoms with E-state index in [0.29, 0.717) is 15.6 Å². The van der Waals surface area contributed by atoms with Gasteiger partial charge in [-0.1, -0.05) is 0 Å². The molecule has 0 atom stereocenters. The van der Waals surface area contributed by atoms with Crippen molar-refractivity contribution in [3.05, 3.63) is 34.5 Å². The Morgan fingerprint density at radius 1 is 1.38 bits per heavy atom. The summed E-state index contributed by atoms with van der Waals surface area (Å²) in [5, 5.41) is 9.30. The number of ketones is 1. The first kappa shape index (κ1) is 10.9. The minimum Gasteiger partial charge on any atom is -0.481 e. The number of aliphatic carboxylic acids is 1. The second kappa shape index (κ2) is 4.09. The lowest BCUT2D eigenvalue weighted by molar-refractivity contribution is -0.135. The molecule has 0 spiro atoms. The van der Waals surface area contributed by atoms with Crippen LogP contribution >= 0.6 is 15.9 Å². The molecule has 1 heterocycles. The molecule has 0 fully saturated rings. The van der Waals surface area contributed by atoms with Gasteiger partial charge in [0.25, 0.3) is 0 Å². The molecule has 1 aromatic carbocycles. The van der Waals surface area contributed by atoms with Crippen LogP contribution in [0.2, 0.25) is 0 Å². The summed E-state index contributed by atoms with van der Waals surface area (Å²) < 4.78 is 5.83. The zero-order valence-electron chi connectivity index (χ0n) is 8.07. The fraction of sp³-hybridized carbons (Fsp3) is 0.0909. The maximum atomic E-state index is 11.5. The maximum absolute atomic E-state index is 11.5. The maximum Gasteiger partial charge on any atom is 0.311 e. The number of hydrogen-bond donors (Lipinski definition) is 1. The van der Waals surface area contributed by atoms with E-state index in [0.717, 1.165) is 5.39 Å². The summed E-state index contributed by atoms with van der Waals surface area (Å²) in [5.74, 6) is -1.55. The number of carboxylic acids is 1. The van der Waals surface area contributed by atoms with Crippen LogP contribution < -0.4 is 0 Å². The van der Waals surface area contributed by atoms with Crippen molar-refractivity contribution < 1.29 is 19.1 Å². The predicted molar refractivity (Wildman–Crippen MR) is 60.5 cm³/mol. The lowest BCUT2D eigenvalue weighted by Gasteiger charge is -2.00. The van der Waals surface area contributed by atoms with Gasteiger partial charge in [0.15, 0.2) is 5.78 Å². The Labute approximate surface area is 99.0 Å². The summed E-state index contributed by atoms with van der Waals surface area (Å²) in [6.07, 6.45) is 1.01. The third-order valence-electron chi connectivity index (χ3n) is 2.14. The molecule has 0 aliphatic heterocycles. The molecule has 0 amide bonds. The second-order valence-electron chi connectivity index (χ2n) is 3.29. The van der Waals surface area contributed by atoms with Crippen LogP contribution in [0.15, 0.2) is 33.4 Å². The number of hydrogen-bond acceptors (Lipinski definition) is 3. The van der Waals surface area contributed by atoms with Crippen molar-refractivity contribution in [2.24, 2.45) is 0 Å². The van der Waals surface area contributed by atoms with Gasteiger partial charge in [0.2, 0.25) is 0 Å². The Kier molecular flexibility index (Phi) is 2.78. The van der Waals surface area contributed by atoms with E-state index in [9.17, 15) is 9.59 Å². The van der Waals surface area contributed by atoms with Crippen LogP contribution in [0.1, 0.15) is 16.8 Å². The van der Waals surface area contributed by atoms with E-state index in [2.05, 4.69) is 15.9 Å². The third kappa shape index (κ3) is 1.99. The zero-order valence-corrected chi connectivity index (χ0v) is 9.65. The van der Waals surface area contributed by atoms with E-state index in [1.807, 2.05) is 0 Å². The molecule has 0 aliphatic rings. The van der Waals surface area contributed by atoms with Gasteiger partial charge in [-0.15, -0.1) is 0 Å². The molecule has 0 aliphatic carbocycles. The van der Waals surface area contributed by atoms with Crippen molar-refractivity contribution >= 4 is 38.7 Å². The molecule has 82 valence electrons. The summed E-state index contributed by atoms with van der Waals surface area (Å²) in [6.45, 7) is 0. The Bertz CT molecular complexity index is 570. The second-order valence-corrected chi connectivity index (χ2v) is 4.15. The van der Waals surface area contributed by atoms with Gasteiger partial charge < -0.3 is 9.52 Å². The third-order valence-corrected chi connectivity index (χ3v) is 2.73. The molecule has 4 nitrogen and oxygen atoms in total. The number of carboxylic acid groups (broad SMARTS) is 1. The lowest BCUT2D eigenvalue weighted by Crippen LogP contribution is -2.06. The fourth-order valence-corrected chi connectivity index (χ4v) is 2.01. The zero-order chi connectivity index (χ0) is 11.7. The van der Waals surface area contributed by atoms with E-state index in [1.165, 1.54) is 6.26 Å². The van der Waals surface area contributed by atoms with Gasteiger partial charge in [-0.25, -0.2) is 0 Å². The molecule has 0 saturated heterocycles. The van der Waals surface area contributed by atoms with Gasteiger partial charge >= 0.3 is 5.97 Å². The molecular weight excluding hydrogens is 276 g/mol. The van der Waals surface area contributed by atoms with E-state index in [1.54, 1.807) is 18.2 Å². The summed E-state index contributed by atoms with van der Waals surface area (Å²) in [7, 11) is 0. The highest BCUT2D eigenvalue weighted by Gasteiger charge is 2.13. The Morgan fingerprint density at radius 3 is 2.81 bits per heavy atom. The largest absolute Gasteiger partial charge is 0.481 e. The van der Waals surface area contributed by atoms with Crippen LogP contribution in [0.3, 0.4) is 0 Å². The topological polar surface area (TPSA) is 67.5 Å². The molecule has 0 radical (unpaired) electrons. The molecule has 16 heavy (non-hydrogen) atoms. The number of rotatable bonds is 3. The quantitative estimate of drug-likeness (QED) is 0.694. The van der Waals surface area contributed by atoms with Crippen LogP contribution in [0, 0.1) is 0 Å².